The van der Waals surface area contributed by atoms with Crippen LogP contribution in [0.2, 0.25) is 0 Å². The number of hydrazine groups is 1. The summed E-state index contributed by atoms with van der Waals surface area (Å²) in [4.78, 5) is 38.0. The standard InChI is InChI=1S/C21H29N3O4/c1-14(12-17(25)28-21(2,3)4)19(26)22-18-16-9-6-5-8-15(16)13-23-10-7-11-24(23)20(18)27/h5-6,8-9,14,18H,7,10-13H2,1-4H3,(H,22,26)/t14-,18+/m1/s1. The summed E-state index contributed by atoms with van der Waals surface area (Å²) in [7, 11) is 0. The Balaban J connectivity index is 1.75. The number of rotatable bonds is 4. The van der Waals surface area contributed by atoms with Crippen molar-refractivity contribution in [3.8, 4) is 0 Å². The van der Waals surface area contributed by atoms with Crippen LogP contribution in [0.5, 0.6) is 0 Å². The zero-order chi connectivity index (χ0) is 20.5. The van der Waals surface area contributed by atoms with Gasteiger partial charge in [0.15, 0.2) is 0 Å². The Hall–Kier alpha value is -2.41. The molecule has 1 aromatic carbocycles. The highest BCUT2D eigenvalue weighted by molar-refractivity contribution is 5.91. The summed E-state index contributed by atoms with van der Waals surface area (Å²) in [6.45, 7) is 9.19. The maximum Gasteiger partial charge on any atom is 0.307 e. The topological polar surface area (TPSA) is 78.9 Å². The van der Waals surface area contributed by atoms with E-state index in [1.54, 1.807) is 32.7 Å². The van der Waals surface area contributed by atoms with Crippen LogP contribution in [0, 0.1) is 5.92 Å². The third-order valence-electron chi connectivity index (χ3n) is 4.97. The molecule has 2 atom stereocenters. The van der Waals surface area contributed by atoms with E-state index in [-0.39, 0.29) is 18.2 Å². The number of carbonyl (C=O) groups is 3. The fraction of sp³-hybridized carbons (Fsp3) is 0.571. The van der Waals surface area contributed by atoms with Gasteiger partial charge in [-0.05, 0) is 38.3 Å². The van der Waals surface area contributed by atoms with E-state index in [1.165, 1.54) is 0 Å². The van der Waals surface area contributed by atoms with Crippen LogP contribution in [0.15, 0.2) is 24.3 Å². The fourth-order valence-electron chi connectivity index (χ4n) is 3.67. The number of benzene rings is 1. The lowest BCUT2D eigenvalue weighted by molar-refractivity contribution is -0.157. The highest BCUT2D eigenvalue weighted by atomic mass is 16.6. The van der Waals surface area contributed by atoms with Crippen LogP contribution in [0.1, 0.15) is 57.7 Å². The van der Waals surface area contributed by atoms with Crippen molar-refractivity contribution in [1.82, 2.24) is 15.3 Å². The average Bonchev–Trinajstić information content (AvgIpc) is 3.02. The maximum absolute atomic E-state index is 13.1. The maximum atomic E-state index is 13.1. The summed E-state index contributed by atoms with van der Waals surface area (Å²) in [5.74, 6) is -1.46. The first-order valence-corrected chi connectivity index (χ1v) is 9.82. The second-order valence-corrected chi connectivity index (χ2v) is 8.54. The van der Waals surface area contributed by atoms with Crippen LogP contribution in [0.25, 0.3) is 0 Å². The predicted octanol–water partition coefficient (Wildman–Crippen LogP) is 2.17. The number of hydrogen-bond acceptors (Lipinski definition) is 5. The highest BCUT2D eigenvalue weighted by Crippen LogP contribution is 2.30. The van der Waals surface area contributed by atoms with Crippen molar-refractivity contribution < 1.29 is 19.1 Å². The molecule has 0 saturated carbocycles. The van der Waals surface area contributed by atoms with E-state index in [1.807, 2.05) is 29.3 Å². The summed E-state index contributed by atoms with van der Waals surface area (Å²) in [5, 5.41) is 6.66. The van der Waals surface area contributed by atoms with Gasteiger partial charge in [-0.25, -0.2) is 5.01 Å². The van der Waals surface area contributed by atoms with Gasteiger partial charge < -0.3 is 10.1 Å². The van der Waals surface area contributed by atoms with Gasteiger partial charge in [0.05, 0.1) is 6.42 Å². The van der Waals surface area contributed by atoms with Crippen molar-refractivity contribution in [2.45, 2.75) is 58.7 Å². The number of amides is 2. The second-order valence-electron chi connectivity index (χ2n) is 8.54. The molecule has 0 aromatic heterocycles. The van der Waals surface area contributed by atoms with E-state index in [4.69, 9.17) is 4.74 Å². The molecule has 7 heteroatoms. The lowest BCUT2D eigenvalue weighted by Crippen LogP contribution is -2.46. The van der Waals surface area contributed by atoms with E-state index < -0.39 is 23.5 Å². The van der Waals surface area contributed by atoms with Crippen molar-refractivity contribution in [3.05, 3.63) is 35.4 Å². The number of ether oxygens (including phenoxy) is 1. The number of nitrogens with zero attached hydrogens (tertiary/aromatic N) is 2. The number of hydrogen-bond donors (Lipinski definition) is 1. The van der Waals surface area contributed by atoms with Crippen LogP contribution in [0.4, 0.5) is 0 Å². The Labute approximate surface area is 166 Å². The van der Waals surface area contributed by atoms with Crippen LogP contribution in [0.3, 0.4) is 0 Å². The largest absolute Gasteiger partial charge is 0.460 e. The minimum atomic E-state index is -0.743. The minimum absolute atomic E-state index is 0.0263. The molecule has 3 rings (SSSR count). The zero-order valence-electron chi connectivity index (χ0n) is 17.0. The average molecular weight is 387 g/mol. The summed E-state index contributed by atoms with van der Waals surface area (Å²) < 4.78 is 5.30. The molecule has 0 spiro atoms. The molecular weight excluding hydrogens is 358 g/mol. The van der Waals surface area contributed by atoms with Crippen molar-refractivity contribution in [2.75, 3.05) is 13.1 Å². The third-order valence-corrected chi connectivity index (χ3v) is 4.97. The lowest BCUT2D eigenvalue weighted by Gasteiger charge is -2.28. The molecule has 2 amide bonds. The van der Waals surface area contributed by atoms with Gasteiger partial charge in [-0.15, -0.1) is 0 Å². The molecule has 1 aromatic rings. The molecule has 1 saturated heterocycles. The molecule has 0 radical (unpaired) electrons. The lowest BCUT2D eigenvalue weighted by atomic mass is 9.98. The van der Waals surface area contributed by atoms with Gasteiger partial charge in [0.2, 0.25) is 5.91 Å². The normalized spacial score (nSPS) is 20.8. The SMILES string of the molecule is C[C@H](CC(=O)OC(C)(C)C)C(=O)N[C@@H]1C(=O)N2CCCN2Cc2ccccc21. The number of fused-ring (bicyclic) bond motifs is 2. The monoisotopic (exact) mass is 387 g/mol. The Morgan fingerprint density at radius 3 is 2.68 bits per heavy atom. The molecule has 1 N–H and O–H groups in total. The Bertz CT molecular complexity index is 771. The molecule has 1 fully saturated rings. The van der Waals surface area contributed by atoms with Gasteiger partial charge in [0, 0.05) is 25.6 Å². The minimum Gasteiger partial charge on any atom is -0.460 e. The molecule has 152 valence electrons. The third kappa shape index (κ3) is 4.52. The summed E-state index contributed by atoms with van der Waals surface area (Å²) in [5.41, 5.74) is 1.26. The van der Waals surface area contributed by atoms with Gasteiger partial charge in [0.25, 0.3) is 5.91 Å². The Kier molecular flexibility index (Phi) is 5.74. The van der Waals surface area contributed by atoms with Crippen molar-refractivity contribution in [3.63, 3.8) is 0 Å². The van der Waals surface area contributed by atoms with E-state index >= 15 is 0 Å². The number of carbonyl (C=O) groups excluding carboxylic acids is 3. The zero-order valence-corrected chi connectivity index (χ0v) is 17.0. The van der Waals surface area contributed by atoms with E-state index in [0.29, 0.717) is 13.1 Å². The second kappa shape index (κ2) is 7.91. The van der Waals surface area contributed by atoms with E-state index in [9.17, 15) is 14.4 Å². The molecule has 0 unspecified atom stereocenters. The van der Waals surface area contributed by atoms with E-state index in [2.05, 4.69) is 5.32 Å². The first-order chi connectivity index (χ1) is 13.2. The fourth-order valence-corrected chi connectivity index (χ4v) is 3.67. The van der Waals surface area contributed by atoms with Gasteiger partial charge in [-0.2, -0.15) is 0 Å². The van der Waals surface area contributed by atoms with Crippen LogP contribution in [-0.4, -0.2) is 46.5 Å². The molecule has 0 aliphatic carbocycles. The molecule has 2 aliphatic rings. The van der Waals surface area contributed by atoms with Gasteiger partial charge in [0.1, 0.15) is 11.6 Å². The van der Waals surface area contributed by atoms with Crippen molar-refractivity contribution in [2.24, 2.45) is 5.92 Å². The number of nitrogens with one attached hydrogen (secondary N) is 1. The molecule has 7 nitrogen and oxygen atoms in total. The van der Waals surface area contributed by atoms with Crippen molar-refractivity contribution in [1.29, 1.82) is 0 Å². The summed E-state index contributed by atoms with van der Waals surface area (Å²) in [6.07, 6.45) is 0.894. The molecule has 2 heterocycles. The van der Waals surface area contributed by atoms with Crippen LogP contribution >= 0.6 is 0 Å². The van der Waals surface area contributed by atoms with Crippen LogP contribution in [-0.2, 0) is 25.7 Å². The van der Waals surface area contributed by atoms with Crippen LogP contribution < -0.4 is 5.32 Å². The number of esters is 1. The Morgan fingerprint density at radius 2 is 1.96 bits per heavy atom. The first-order valence-electron chi connectivity index (χ1n) is 9.82. The molecule has 28 heavy (non-hydrogen) atoms. The Morgan fingerprint density at radius 1 is 1.25 bits per heavy atom. The molecular formula is C21H29N3O4. The quantitative estimate of drug-likeness (QED) is 0.801. The summed E-state index contributed by atoms with van der Waals surface area (Å²) >= 11 is 0. The van der Waals surface area contributed by atoms with Gasteiger partial charge in [-0.3, -0.25) is 19.4 Å². The van der Waals surface area contributed by atoms with Gasteiger partial charge in [-0.1, -0.05) is 31.2 Å². The first kappa shape index (κ1) is 20.3. The van der Waals surface area contributed by atoms with Gasteiger partial charge >= 0.3 is 5.97 Å². The van der Waals surface area contributed by atoms with E-state index in [0.717, 1.165) is 24.1 Å². The molecule has 2 aliphatic heterocycles. The predicted molar refractivity (Wildman–Crippen MR) is 104 cm³/mol. The summed E-state index contributed by atoms with van der Waals surface area (Å²) in [6, 6.07) is 6.96. The molecule has 0 bridgehead atoms. The van der Waals surface area contributed by atoms with Crippen molar-refractivity contribution >= 4 is 17.8 Å². The highest BCUT2D eigenvalue weighted by Gasteiger charge is 2.38. The smallest absolute Gasteiger partial charge is 0.307 e.